The van der Waals surface area contributed by atoms with Crippen LogP contribution in [-0.4, -0.2) is 63.8 Å². The van der Waals surface area contributed by atoms with Crippen molar-refractivity contribution < 1.29 is 14.0 Å². The van der Waals surface area contributed by atoms with Crippen molar-refractivity contribution in [2.45, 2.75) is 37.6 Å². The lowest BCUT2D eigenvalue weighted by Crippen LogP contribution is -2.41. The number of benzene rings is 5. The molecule has 0 aliphatic carbocycles. The van der Waals surface area contributed by atoms with Crippen molar-refractivity contribution in [2.75, 3.05) is 32.7 Å². The number of aromatic nitrogens is 2. The van der Waals surface area contributed by atoms with Crippen molar-refractivity contribution in [3.8, 4) is 0 Å². The van der Waals surface area contributed by atoms with Gasteiger partial charge in [0.05, 0.1) is 11.0 Å². The molecule has 2 fully saturated rings. The molecule has 6 nitrogen and oxygen atoms in total. The summed E-state index contributed by atoms with van der Waals surface area (Å²) in [5, 5.41) is 2.45. The second-order valence-corrected chi connectivity index (χ2v) is 14.1. The molecule has 2 aliphatic rings. The lowest BCUT2D eigenvalue weighted by atomic mass is 9.76. The molecule has 1 atom stereocenters. The van der Waals surface area contributed by atoms with Gasteiger partial charge >= 0.3 is 0 Å². The fraction of sp³-hybridized carbons (Fsp3) is 0.279. The van der Waals surface area contributed by atoms with Gasteiger partial charge in [-0.05, 0) is 104 Å². The molecule has 0 saturated carbocycles. The third-order valence-corrected chi connectivity index (χ3v) is 11.0. The quantitative estimate of drug-likeness (QED) is 0.147. The molecule has 0 spiro atoms. The topological polar surface area (TPSA) is 58.4 Å². The largest absolute Gasteiger partial charge is 0.338 e. The van der Waals surface area contributed by atoms with Crippen LogP contribution >= 0.6 is 0 Å². The summed E-state index contributed by atoms with van der Waals surface area (Å²) in [5.41, 5.74) is 4.52. The standard InChI is InChI=1S/C43H41FN4O2/c44-37-18-14-31(15-19-37)29-48-39-13-7-6-12-38(39)45-41(48)40(49)33-20-24-46(25-21-33)26-22-43(36-17-16-32-8-4-5-11-35(32)28-36)23-27-47(30-43)42(50)34-9-2-1-3-10-34/h1-19,28,33H,20-27,29-30H2. The second kappa shape index (κ2) is 13.6. The molecule has 1 aromatic heterocycles. The Bertz CT molecular complexity index is 2150. The number of piperidine rings is 1. The summed E-state index contributed by atoms with van der Waals surface area (Å²) >= 11 is 0. The molecule has 3 heterocycles. The highest BCUT2D eigenvalue weighted by Crippen LogP contribution is 2.40. The number of halogens is 1. The number of imidazole rings is 1. The van der Waals surface area contributed by atoms with Crippen LogP contribution in [0, 0.1) is 11.7 Å². The predicted octanol–water partition coefficient (Wildman–Crippen LogP) is 8.15. The van der Waals surface area contributed by atoms with Crippen LogP contribution in [0.1, 0.15) is 57.8 Å². The van der Waals surface area contributed by atoms with Crippen molar-refractivity contribution in [2.24, 2.45) is 5.92 Å². The molecular formula is C43H41FN4O2. The zero-order valence-corrected chi connectivity index (χ0v) is 28.2. The number of carbonyl (C=O) groups is 2. The molecule has 5 aromatic carbocycles. The number of rotatable bonds is 9. The molecule has 0 N–H and O–H groups in total. The summed E-state index contributed by atoms with van der Waals surface area (Å²) in [6, 6.07) is 39.2. The van der Waals surface area contributed by atoms with Gasteiger partial charge in [0.25, 0.3) is 5.91 Å². The number of ketones is 1. The van der Waals surface area contributed by atoms with Gasteiger partial charge in [0.15, 0.2) is 5.82 Å². The van der Waals surface area contributed by atoms with Gasteiger partial charge in [-0.25, -0.2) is 9.37 Å². The Morgan fingerprint density at radius 2 is 1.50 bits per heavy atom. The number of nitrogens with zero attached hydrogens (tertiary/aromatic N) is 4. The van der Waals surface area contributed by atoms with Crippen LogP contribution < -0.4 is 0 Å². The summed E-state index contributed by atoms with van der Waals surface area (Å²) < 4.78 is 15.6. The van der Waals surface area contributed by atoms with Crippen molar-refractivity contribution in [3.63, 3.8) is 0 Å². The Kier molecular flexibility index (Phi) is 8.75. The van der Waals surface area contributed by atoms with Crippen LogP contribution in [0.25, 0.3) is 21.8 Å². The average molecular weight is 665 g/mol. The number of fused-ring (bicyclic) bond motifs is 2. The summed E-state index contributed by atoms with van der Waals surface area (Å²) in [4.78, 5) is 37.0. The van der Waals surface area contributed by atoms with Crippen LogP contribution in [0.15, 0.2) is 121 Å². The number of para-hydroxylation sites is 2. The fourth-order valence-corrected chi connectivity index (χ4v) is 8.08. The monoisotopic (exact) mass is 664 g/mol. The molecule has 50 heavy (non-hydrogen) atoms. The summed E-state index contributed by atoms with van der Waals surface area (Å²) in [6.07, 6.45) is 3.42. The van der Waals surface area contributed by atoms with Crippen LogP contribution in [0.5, 0.6) is 0 Å². The summed E-state index contributed by atoms with van der Waals surface area (Å²) in [6.45, 7) is 4.48. The van der Waals surface area contributed by atoms with Crippen molar-refractivity contribution >= 4 is 33.5 Å². The highest BCUT2D eigenvalue weighted by molar-refractivity contribution is 5.98. The SMILES string of the molecule is O=C(c1nc2ccccc2n1Cc1ccc(F)cc1)C1CCN(CCC2(c3ccc4ccccc4c3)CCN(C(=O)c3ccccc3)C2)CC1. The molecule has 2 aliphatic heterocycles. The van der Waals surface area contributed by atoms with Crippen molar-refractivity contribution in [3.05, 3.63) is 150 Å². The van der Waals surface area contributed by atoms with Crippen LogP contribution in [0.2, 0.25) is 0 Å². The van der Waals surface area contributed by atoms with Gasteiger partial charge in [0, 0.05) is 36.5 Å². The molecular weight excluding hydrogens is 623 g/mol. The number of likely N-dealkylation sites (tertiary alicyclic amines) is 2. The van der Waals surface area contributed by atoms with Crippen molar-refractivity contribution in [1.82, 2.24) is 19.4 Å². The van der Waals surface area contributed by atoms with E-state index in [0.717, 1.165) is 74.0 Å². The normalized spacial score (nSPS) is 18.6. The van der Waals surface area contributed by atoms with Gasteiger partial charge in [-0.1, -0.05) is 84.9 Å². The Morgan fingerprint density at radius 3 is 2.30 bits per heavy atom. The molecule has 0 radical (unpaired) electrons. The average Bonchev–Trinajstić information content (AvgIpc) is 3.77. The van der Waals surface area contributed by atoms with Crippen LogP contribution in [-0.2, 0) is 12.0 Å². The maximum Gasteiger partial charge on any atom is 0.253 e. The molecule has 7 heteroatoms. The smallest absolute Gasteiger partial charge is 0.253 e. The zero-order valence-electron chi connectivity index (χ0n) is 28.2. The predicted molar refractivity (Wildman–Crippen MR) is 196 cm³/mol. The maximum atomic E-state index is 14.1. The van der Waals surface area contributed by atoms with E-state index in [2.05, 4.69) is 47.4 Å². The van der Waals surface area contributed by atoms with Gasteiger partial charge in [0.2, 0.25) is 5.78 Å². The lowest BCUT2D eigenvalue weighted by Gasteiger charge is -2.36. The minimum absolute atomic E-state index is 0.0847. The highest BCUT2D eigenvalue weighted by Gasteiger charge is 2.42. The lowest BCUT2D eigenvalue weighted by molar-refractivity contribution is 0.0778. The van der Waals surface area contributed by atoms with Crippen molar-refractivity contribution in [1.29, 1.82) is 0 Å². The van der Waals surface area contributed by atoms with E-state index in [1.165, 1.54) is 28.5 Å². The first-order chi connectivity index (χ1) is 24.5. The Balaban J connectivity index is 0.978. The molecule has 8 rings (SSSR count). The second-order valence-electron chi connectivity index (χ2n) is 14.1. The summed E-state index contributed by atoms with van der Waals surface area (Å²) in [7, 11) is 0. The Hall–Kier alpha value is -5.14. The minimum atomic E-state index is -0.276. The molecule has 1 amide bonds. The molecule has 6 aromatic rings. The third kappa shape index (κ3) is 6.34. The van der Waals surface area contributed by atoms with E-state index in [0.29, 0.717) is 18.9 Å². The molecule has 2 saturated heterocycles. The van der Waals surface area contributed by atoms with Gasteiger partial charge in [-0.3, -0.25) is 9.59 Å². The number of amides is 1. The Morgan fingerprint density at radius 1 is 0.780 bits per heavy atom. The molecule has 252 valence electrons. The fourth-order valence-electron chi connectivity index (χ4n) is 8.08. The number of Topliss-reactive ketones (excluding diaryl/α,β-unsaturated/α-hetero) is 1. The number of hydrogen-bond donors (Lipinski definition) is 0. The first kappa shape index (κ1) is 32.1. The van der Waals surface area contributed by atoms with Gasteiger partial charge in [-0.2, -0.15) is 0 Å². The Labute approximate surface area is 292 Å². The molecule has 0 bridgehead atoms. The van der Waals surface area contributed by atoms with Gasteiger partial charge in [-0.15, -0.1) is 0 Å². The van der Waals surface area contributed by atoms with Gasteiger partial charge in [0.1, 0.15) is 5.82 Å². The minimum Gasteiger partial charge on any atom is -0.338 e. The first-order valence-corrected chi connectivity index (χ1v) is 17.8. The van der Waals surface area contributed by atoms with Crippen LogP contribution in [0.4, 0.5) is 4.39 Å². The number of hydrogen-bond acceptors (Lipinski definition) is 4. The van der Waals surface area contributed by atoms with E-state index in [4.69, 9.17) is 4.98 Å². The zero-order chi connectivity index (χ0) is 34.1. The first-order valence-electron chi connectivity index (χ1n) is 17.8. The van der Waals surface area contributed by atoms with E-state index in [9.17, 15) is 14.0 Å². The number of carbonyl (C=O) groups excluding carboxylic acids is 2. The third-order valence-electron chi connectivity index (χ3n) is 11.0. The van der Waals surface area contributed by atoms with E-state index in [1.54, 1.807) is 12.1 Å². The van der Waals surface area contributed by atoms with E-state index in [-0.39, 0.29) is 28.8 Å². The highest BCUT2D eigenvalue weighted by atomic mass is 19.1. The van der Waals surface area contributed by atoms with E-state index < -0.39 is 0 Å². The van der Waals surface area contributed by atoms with E-state index in [1.807, 2.05) is 64.1 Å². The summed E-state index contributed by atoms with van der Waals surface area (Å²) in [5.74, 6) is 0.286. The maximum absolute atomic E-state index is 14.1. The van der Waals surface area contributed by atoms with Crippen LogP contribution in [0.3, 0.4) is 0 Å². The van der Waals surface area contributed by atoms with Gasteiger partial charge < -0.3 is 14.4 Å². The molecule has 1 unspecified atom stereocenters. The van der Waals surface area contributed by atoms with E-state index >= 15 is 0 Å².